The molecule has 0 aliphatic heterocycles. The van der Waals surface area contributed by atoms with Crippen molar-refractivity contribution in [2.24, 2.45) is 0 Å². The zero-order valence-corrected chi connectivity index (χ0v) is 11.9. The number of hydrogen-bond acceptors (Lipinski definition) is 1. The van der Waals surface area contributed by atoms with Gasteiger partial charge in [-0.2, -0.15) is 0 Å². The first-order valence-corrected chi connectivity index (χ1v) is 6.40. The zero-order chi connectivity index (χ0) is 14.9. The molecule has 2 rings (SSSR count). The highest BCUT2D eigenvalue weighted by Gasteiger charge is 2.15. The SMILES string of the molecule is Cc1ccc(NC(=O)c2cc(F)c(F)c(F)c2)c(Br)c1. The Kier molecular flexibility index (Phi) is 4.13. The van der Waals surface area contributed by atoms with Gasteiger partial charge < -0.3 is 5.32 Å². The first-order valence-electron chi connectivity index (χ1n) is 5.60. The largest absolute Gasteiger partial charge is 0.321 e. The fourth-order valence-electron chi connectivity index (χ4n) is 1.60. The van der Waals surface area contributed by atoms with E-state index in [-0.39, 0.29) is 5.56 Å². The maximum atomic E-state index is 13.1. The molecule has 2 aromatic rings. The van der Waals surface area contributed by atoms with E-state index >= 15 is 0 Å². The van der Waals surface area contributed by atoms with Gasteiger partial charge in [0.25, 0.3) is 5.91 Å². The summed E-state index contributed by atoms with van der Waals surface area (Å²) >= 11 is 3.27. The van der Waals surface area contributed by atoms with Gasteiger partial charge in [-0.05, 0) is 52.7 Å². The molecule has 0 unspecified atom stereocenters. The van der Waals surface area contributed by atoms with Gasteiger partial charge in [0.15, 0.2) is 17.5 Å². The number of amides is 1. The van der Waals surface area contributed by atoms with Crippen LogP contribution < -0.4 is 5.32 Å². The molecule has 1 amide bonds. The van der Waals surface area contributed by atoms with Crippen molar-refractivity contribution >= 4 is 27.5 Å². The Morgan fingerprint density at radius 2 is 1.70 bits per heavy atom. The van der Waals surface area contributed by atoms with E-state index in [9.17, 15) is 18.0 Å². The smallest absolute Gasteiger partial charge is 0.255 e. The Labute approximate surface area is 121 Å². The number of nitrogens with one attached hydrogen (secondary N) is 1. The molecule has 0 heterocycles. The molecule has 0 fully saturated rings. The monoisotopic (exact) mass is 343 g/mol. The molecule has 1 N–H and O–H groups in total. The van der Waals surface area contributed by atoms with Crippen LogP contribution in [0, 0.1) is 24.4 Å². The van der Waals surface area contributed by atoms with Crippen molar-refractivity contribution in [3.05, 3.63) is 63.4 Å². The summed E-state index contributed by atoms with van der Waals surface area (Å²) in [6, 6.07) is 6.49. The maximum absolute atomic E-state index is 13.1. The topological polar surface area (TPSA) is 29.1 Å². The molecule has 0 bridgehead atoms. The minimum Gasteiger partial charge on any atom is -0.321 e. The molecule has 0 aliphatic carbocycles. The average molecular weight is 344 g/mol. The summed E-state index contributed by atoms with van der Waals surface area (Å²) in [4.78, 5) is 11.9. The van der Waals surface area contributed by atoms with Crippen LogP contribution in [0.2, 0.25) is 0 Å². The molecule has 6 heteroatoms. The van der Waals surface area contributed by atoms with Crippen LogP contribution in [0.1, 0.15) is 15.9 Å². The second kappa shape index (κ2) is 5.66. The lowest BCUT2D eigenvalue weighted by Gasteiger charge is -2.08. The Morgan fingerprint density at radius 3 is 2.25 bits per heavy atom. The number of carbonyl (C=O) groups excluding carboxylic acids is 1. The highest BCUT2D eigenvalue weighted by atomic mass is 79.9. The second-order valence-electron chi connectivity index (χ2n) is 4.19. The molecule has 104 valence electrons. The van der Waals surface area contributed by atoms with Crippen molar-refractivity contribution in [1.82, 2.24) is 0 Å². The van der Waals surface area contributed by atoms with Crippen LogP contribution in [-0.2, 0) is 0 Å². The number of aryl methyl sites for hydroxylation is 1. The highest BCUT2D eigenvalue weighted by Crippen LogP contribution is 2.24. The third-order valence-corrected chi connectivity index (χ3v) is 3.27. The van der Waals surface area contributed by atoms with Crippen LogP contribution in [0.4, 0.5) is 18.9 Å². The Morgan fingerprint density at radius 1 is 1.10 bits per heavy atom. The fraction of sp³-hybridized carbons (Fsp3) is 0.0714. The number of hydrogen-bond donors (Lipinski definition) is 1. The van der Waals surface area contributed by atoms with Gasteiger partial charge in [-0.15, -0.1) is 0 Å². The van der Waals surface area contributed by atoms with E-state index in [1.54, 1.807) is 18.2 Å². The van der Waals surface area contributed by atoms with Crippen molar-refractivity contribution in [3.63, 3.8) is 0 Å². The van der Waals surface area contributed by atoms with Crippen LogP contribution in [0.25, 0.3) is 0 Å². The lowest BCUT2D eigenvalue weighted by molar-refractivity contribution is 0.102. The van der Waals surface area contributed by atoms with Crippen LogP contribution in [0.5, 0.6) is 0 Å². The lowest BCUT2D eigenvalue weighted by Crippen LogP contribution is -2.13. The minimum atomic E-state index is -1.60. The first kappa shape index (κ1) is 14.6. The third kappa shape index (κ3) is 3.01. The number of halogens is 4. The predicted octanol–water partition coefficient (Wildman–Crippen LogP) is 4.43. The summed E-state index contributed by atoms with van der Waals surface area (Å²) in [7, 11) is 0. The van der Waals surface area contributed by atoms with Crippen molar-refractivity contribution < 1.29 is 18.0 Å². The summed E-state index contributed by atoms with van der Waals surface area (Å²) in [5, 5.41) is 2.49. The molecular formula is C14H9BrF3NO. The van der Waals surface area contributed by atoms with E-state index < -0.39 is 23.4 Å². The first-order chi connectivity index (χ1) is 9.38. The molecule has 0 saturated heterocycles. The number of anilines is 1. The molecule has 0 atom stereocenters. The highest BCUT2D eigenvalue weighted by molar-refractivity contribution is 9.10. The summed E-state index contributed by atoms with van der Waals surface area (Å²) in [6.07, 6.45) is 0. The number of carbonyl (C=O) groups is 1. The zero-order valence-electron chi connectivity index (χ0n) is 10.3. The van der Waals surface area contributed by atoms with Crippen LogP contribution in [-0.4, -0.2) is 5.91 Å². The van der Waals surface area contributed by atoms with Gasteiger partial charge in [-0.1, -0.05) is 6.07 Å². The molecular weight excluding hydrogens is 335 g/mol. The van der Waals surface area contributed by atoms with Crippen LogP contribution >= 0.6 is 15.9 Å². The molecule has 0 spiro atoms. The van der Waals surface area contributed by atoms with E-state index in [4.69, 9.17) is 0 Å². The molecule has 0 saturated carbocycles. The quantitative estimate of drug-likeness (QED) is 0.803. The standard InChI is InChI=1S/C14H9BrF3NO/c1-7-2-3-12(9(15)4-7)19-14(20)8-5-10(16)13(18)11(17)6-8/h2-6H,1H3,(H,19,20). The van der Waals surface area contributed by atoms with E-state index in [2.05, 4.69) is 21.2 Å². The van der Waals surface area contributed by atoms with Gasteiger partial charge >= 0.3 is 0 Å². The number of rotatable bonds is 2. The summed E-state index contributed by atoms with van der Waals surface area (Å²) in [5.41, 5.74) is 1.13. The minimum absolute atomic E-state index is 0.297. The van der Waals surface area contributed by atoms with Gasteiger partial charge in [0.05, 0.1) is 5.69 Å². The van der Waals surface area contributed by atoms with Crippen LogP contribution in [0.15, 0.2) is 34.8 Å². The van der Waals surface area contributed by atoms with Gasteiger partial charge in [-0.25, -0.2) is 13.2 Å². The van der Waals surface area contributed by atoms with E-state index in [0.29, 0.717) is 22.3 Å². The van der Waals surface area contributed by atoms with Gasteiger partial charge in [-0.3, -0.25) is 4.79 Å². The summed E-state index contributed by atoms with van der Waals surface area (Å²) in [5.74, 6) is -5.14. The van der Waals surface area contributed by atoms with Crippen molar-refractivity contribution in [3.8, 4) is 0 Å². The predicted molar refractivity (Wildman–Crippen MR) is 73.1 cm³/mol. The van der Waals surface area contributed by atoms with Crippen molar-refractivity contribution in [2.75, 3.05) is 5.32 Å². The molecule has 20 heavy (non-hydrogen) atoms. The lowest BCUT2D eigenvalue weighted by atomic mass is 10.1. The molecule has 2 aromatic carbocycles. The molecule has 0 aromatic heterocycles. The summed E-state index contributed by atoms with van der Waals surface area (Å²) < 4.78 is 39.6. The summed E-state index contributed by atoms with van der Waals surface area (Å²) in [6.45, 7) is 1.88. The van der Waals surface area contributed by atoms with Crippen molar-refractivity contribution in [2.45, 2.75) is 6.92 Å². The maximum Gasteiger partial charge on any atom is 0.255 e. The van der Waals surface area contributed by atoms with Gasteiger partial charge in [0, 0.05) is 10.0 Å². The Bertz CT molecular complexity index is 665. The Hall–Kier alpha value is -1.82. The van der Waals surface area contributed by atoms with Gasteiger partial charge in [0.1, 0.15) is 0 Å². The normalized spacial score (nSPS) is 10.4. The average Bonchev–Trinajstić information content (AvgIpc) is 2.38. The van der Waals surface area contributed by atoms with E-state index in [1.165, 1.54) is 0 Å². The van der Waals surface area contributed by atoms with Crippen LogP contribution in [0.3, 0.4) is 0 Å². The second-order valence-corrected chi connectivity index (χ2v) is 5.05. The fourth-order valence-corrected chi connectivity index (χ4v) is 2.19. The molecule has 0 radical (unpaired) electrons. The van der Waals surface area contributed by atoms with E-state index in [0.717, 1.165) is 5.56 Å². The van der Waals surface area contributed by atoms with Crippen molar-refractivity contribution in [1.29, 1.82) is 0 Å². The van der Waals surface area contributed by atoms with E-state index in [1.807, 2.05) is 6.92 Å². The van der Waals surface area contributed by atoms with Gasteiger partial charge in [0.2, 0.25) is 0 Å². The third-order valence-electron chi connectivity index (χ3n) is 2.62. The molecule has 0 aliphatic rings. The number of benzene rings is 2. The Balaban J connectivity index is 2.28. The molecule has 2 nitrogen and oxygen atoms in total.